The van der Waals surface area contributed by atoms with E-state index >= 15 is 0 Å². The van der Waals surface area contributed by atoms with E-state index in [2.05, 4.69) is 9.47 Å². The number of hydrogen-bond acceptors (Lipinski definition) is 4. The molecule has 1 aromatic rings. The second kappa shape index (κ2) is 6.73. The Kier molecular flexibility index (Phi) is 5.37. The van der Waals surface area contributed by atoms with Crippen molar-refractivity contribution in [3.8, 4) is 5.75 Å². The standard InChI is InChI=1S/C15H18BF5O4/c1-13(2)14(3,4)25-16(24-13)11-6-5-10(23-15(19,20)21)7-9(11)8-22-12(17)18/h5-7,12H,8H2,1-4H3. The largest absolute Gasteiger partial charge is 0.573 e. The molecular formula is C15H18BF5O4. The van der Waals surface area contributed by atoms with E-state index in [1.54, 1.807) is 27.7 Å². The van der Waals surface area contributed by atoms with Gasteiger partial charge in [0.2, 0.25) is 0 Å². The van der Waals surface area contributed by atoms with E-state index in [4.69, 9.17) is 9.31 Å². The number of halogens is 5. The van der Waals surface area contributed by atoms with Gasteiger partial charge in [0.25, 0.3) is 0 Å². The molecule has 140 valence electrons. The van der Waals surface area contributed by atoms with Crippen LogP contribution in [0.2, 0.25) is 0 Å². The maximum atomic E-state index is 12.4. The van der Waals surface area contributed by atoms with Crippen LogP contribution in [0.3, 0.4) is 0 Å². The summed E-state index contributed by atoms with van der Waals surface area (Å²) in [6.07, 6.45) is -4.90. The third kappa shape index (κ3) is 4.83. The molecule has 0 saturated carbocycles. The zero-order valence-corrected chi connectivity index (χ0v) is 14.1. The van der Waals surface area contributed by atoms with E-state index in [1.807, 2.05) is 0 Å². The number of benzene rings is 1. The van der Waals surface area contributed by atoms with E-state index in [0.29, 0.717) is 5.46 Å². The quantitative estimate of drug-likeness (QED) is 0.588. The van der Waals surface area contributed by atoms with Crippen LogP contribution >= 0.6 is 0 Å². The lowest BCUT2D eigenvalue weighted by Gasteiger charge is -2.32. The fourth-order valence-electron chi connectivity index (χ4n) is 2.26. The molecule has 25 heavy (non-hydrogen) atoms. The van der Waals surface area contributed by atoms with Gasteiger partial charge in [-0.1, -0.05) is 6.07 Å². The first-order valence-corrected chi connectivity index (χ1v) is 7.45. The van der Waals surface area contributed by atoms with Crippen LogP contribution in [0.1, 0.15) is 33.3 Å². The molecule has 1 fully saturated rings. The summed E-state index contributed by atoms with van der Waals surface area (Å²) < 4.78 is 81.5. The summed E-state index contributed by atoms with van der Waals surface area (Å²) in [6.45, 7) is 3.49. The van der Waals surface area contributed by atoms with Crippen LogP contribution in [-0.4, -0.2) is 31.3 Å². The van der Waals surface area contributed by atoms with E-state index in [0.717, 1.165) is 12.1 Å². The molecule has 0 N–H and O–H groups in total. The topological polar surface area (TPSA) is 36.9 Å². The van der Waals surface area contributed by atoms with Gasteiger partial charge < -0.3 is 18.8 Å². The number of alkyl halides is 5. The van der Waals surface area contributed by atoms with Crippen LogP contribution in [0.25, 0.3) is 0 Å². The van der Waals surface area contributed by atoms with Crippen molar-refractivity contribution in [2.24, 2.45) is 0 Å². The van der Waals surface area contributed by atoms with Gasteiger partial charge in [0.1, 0.15) is 5.75 Å². The Labute approximate surface area is 142 Å². The van der Waals surface area contributed by atoms with Crippen molar-refractivity contribution in [1.82, 2.24) is 0 Å². The van der Waals surface area contributed by atoms with Gasteiger partial charge in [0, 0.05) is 0 Å². The lowest BCUT2D eigenvalue weighted by atomic mass is 9.76. The lowest BCUT2D eigenvalue weighted by molar-refractivity contribution is -0.274. The molecule has 10 heteroatoms. The highest BCUT2D eigenvalue weighted by Gasteiger charge is 2.52. The molecule has 0 unspecified atom stereocenters. The van der Waals surface area contributed by atoms with Crippen LogP contribution in [-0.2, 0) is 20.7 Å². The minimum Gasteiger partial charge on any atom is -0.406 e. The highest BCUT2D eigenvalue weighted by molar-refractivity contribution is 6.62. The zero-order chi connectivity index (χ0) is 19.0. The van der Waals surface area contributed by atoms with Gasteiger partial charge in [-0.3, -0.25) is 0 Å². The maximum Gasteiger partial charge on any atom is 0.573 e. The third-order valence-corrected chi connectivity index (χ3v) is 4.22. The smallest absolute Gasteiger partial charge is 0.406 e. The van der Waals surface area contributed by atoms with Crippen LogP contribution in [0, 0.1) is 0 Å². The van der Waals surface area contributed by atoms with E-state index in [1.165, 1.54) is 6.07 Å². The van der Waals surface area contributed by atoms with Gasteiger partial charge in [0.05, 0.1) is 17.8 Å². The second-order valence-electron chi connectivity index (χ2n) is 6.57. The van der Waals surface area contributed by atoms with Gasteiger partial charge >= 0.3 is 20.1 Å². The first-order chi connectivity index (χ1) is 11.3. The molecule has 1 saturated heterocycles. The summed E-state index contributed by atoms with van der Waals surface area (Å²) >= 11 is 0. The third-order valence-electron chi connectivity index (χ3n) is 4.22. The van der Waals surface area contributed by atoms with E-state index in [9.17, 15) is 22.0 Å². The predicted octanol–water partition coefficient (Wildman–Crippen LogP) is 3.62. The Morgan fingerprint density at radius 1 is 1.08 bits per heavy atom. The van der Waals surface area contributed by atoms with Crippen LogP contribution in [0.4, 0.5) is 22.0 Å². The van der Waals surface area contributed by atoms with Crippen molar-refractivity contribution in [1.29, 1.82) is 0 Å². The van der Waals surface area contributed by atoms with E-state index < -0.39 is 43.7 Å². The molecule has 1 aliphatic heterocycles. The Morgan fingerprint density at radius 3 is 2.12 bits per heavy atom. The summed E-state index contributed by atoms with van der Waals surface area (Å²) in [7, 11) is -0.929. The van der Waals surface area contributed by atoms with Gasteiger partial charge in [-0.2, -0.15) is 8.78 Å². The highest BCUT2D eigenvalue weighted by atomic mass is 19.4. The Bertz CT molecular complexity index is 602. The fraction of sp³-hybridized carbons (Fsp3) is 0.600. The normalized spacial score (nSPS) is 19.5. The van der Waals surface area contributed by atoms with Crippen molar-refractivity contribution >= 4 is 12.6 Å². The molecule has 1 aromatic carbocycles. The summed E-state index contributed by atoms with van der Waals surface area (Å²) in [5.74, 6) is -0.541. The molecule has 0 amide bonds. The van der Waals surface area contributed by atoms with Crippen molar-refractivity contribution in [3.63, 3.8) is 0 Å². The Morgan fingerprint density at radius 2 is 1.64 bits per heavy atom. The van der Waals surface area contributed by atoms with Crippen molar-refractivity contribution in [3.05, 3.63) is 23.8 Å². The van der Waals surface area contributed by atoms with E-state index in [-0.39, 0.29) is 5.56 Å². The van der Waals surface area contributed by atoms with Crippen molar-refractivity contribution in [2.45, 2.75) is 58.5 Å². The summed E-state index contributed by atoms with van der Waals surface area (Å²) in [4.78, 5) is 0. The van der Waals surface area contributed by atoms with Gasteiger partial charge in [-0.05, 0) is 50.9 Å². The molecule has 1 aliphatic rings. The first kappa shape index (κ1) is 19.9. The summed E-state index contributed by atoms with van der Waals surface area (Å²) in [5.41, 5.74) is -1.03. The maximum absolute atomic E-state index is 12.4. The minimum absolute atomic E-state index is 0.0561. The number of ether oxygens (including phenoxy) is 2. The lowest BCUT2D eigenvalue weighted by Crippen LogP contribution is -2.41. The molecule has 0 spiro atoms. The molecule has 0 aliphatic carbocycles. The van der Waals surface area contributed by atoms with Gasteiger partial charge in [-0.25, -0.2) is 0 Å². The highest BCUT2D eigenvalue weighted by Crippen LogP contribution is 2.37. The summed E-state index contributed by atoms with van der Waals surface area (Å²) in [5, 5.41) is 0. The predicted molar refractivity (Wildman–Crippen MR) is 79.6 cm³/mol. The number of hydrogen-bond donors (Lipinski definition) is 0. The minimum atomic E-state index is -4.90. The van der Waals surface area contributed by atoms with Crippen molar-refractivity contribution < 1.29 is 40.7 Å². The molecule has 0 radical (unpaired) electrons. The van der Waals surface area contributed by atoms with Gasteiger partial charge in [0.15, 0.2) is 0 Å². The fourth-order valence-corrected chi connectivity index (χ4v) is 2.26. The van der Waals surface area contributed by atoms with Gasteiger partial charge in [-0.15, -0.1) is 13.2 Å². The van der Waals surface area contributed by atoms with Crippen LogP contribution < -0.4 is 10.2 Å². The SMILES string of the molecule is CC1(C)OB(c2ccc(OC(F)(F)F)cc2COC(F)F)OC1(C)C. The van der Waals surface area contributed by atoms with Crippen molar-refractivity contribution in [2.75, 3.05) is 0 Å². The molecule has 0 aromatic heterocycles. The molecule has 1 heterocycles. The van der Waals surface area contributed by atoms with Crippen LogP contribution in [0.15, 0.2) is 18.2 Å². The molecule has 2 rings (SSSR count). The zero-order valence-electron chi connectivity index (χ0n) is 14.1. The Balaban J connectivity index is 2.33. The molecule has 0 atom stereocenters. The van der Waals surface area contributed by atoms with Crippen LogP contribution in [0.5, 0.6) is 5.75 Å². The molecular weight excluding hydrogens is 350 g/mol. The Hall–Kier alpha value is -1.39. The average Bonchev–Trinajstić information content (AvgIpc) is 2.63. The average molecular weight is 368 g/mol. The second-order valence-corrected chi connectivity index (χ2v) is 6.57. The first-order valence-electron chi connectivity index (χ1n) is 7.45. The summed E-state index contributed by atoms with van der Waals surface area (Å²) in [6, 6.07) is 3.34. The number of rotatable bonds is 5. The monoisotopic (exact) mass is 368 g/mol. The molecule has 0 bridgehead atoms. The molecule has 4 nitrogen and oxygen atoms in total.